The third-order valence-corrected chi connectivity index (χ3v) is 7.32. The zero-order valence-electron chi connectivity index (χ0n) is 20.7. The quantitative estimate of drug-likeness (QED) is 0.241. The van der Waals surface area contributed by atoms with Crippen molar-refractivity contribution in [3.05, 3.63) is 99.9 Å². The summed E-state index contributed by atoms with van der Waals surface area (Å²) in [5.74, 6) is 0.0286. The van der Waals surface area contributed by atoms with Crippen LogP contribution >= 0.6 is 11.8 Å². The molecule has 0 atom stereocenters. The van der Waals surface area contributed by atoms with Gasteiger partial charge in [0.25, 0.3) is 11.6 Å². The highest BCUT2D eigenvalue weighted by Gasteiger charge is 2.24. The fourth-order valence-electron chi connectivity index (χ4n) is 4.12. The van der Waals surface area contributed by atoms with Gasteiger partial charge >= 0.3 is 0 Å². The van der Waals surface area contributed by atoms with E-state index in [1.165, 1.54) is 23.9 Å². The van der Waals surface area contributed by atoms with Crippen LogP contribution in [0.2, 0.25) is 0 Å². The first-order valence-electron chi connectivity index (χ1n) is 12.0. The van der Waals surface area contributed by atoms with Gasteiger partial charge in [0.2, 0.25) is 5.91 Å². The summed E-state index contributed by atoms with van der Waals surface area (Å²) in [6.07, 6.45) is 6.19. The number of amides is 2. The lowest BCUT2D eigenvalue weighted by Gasteiger charge is -2.34. The molecular formula is C28H28N4O4S. The highest BCUT2D eigenvalue weighted by Crippen LogP contribution is 2.39. The van der Waals surface area contributed by atoms with Gasteiger partial charge in [-0.3, -0.25) is 24.7 Å². The average Bonchev–Trinajstić information content (AvgIpc) is 2.92. The number of pyridine rings is 1. The molecule has 0 bridgehead atoms. The van der Waals surface area contributed by atoms with E-state index in [0.29, 0.717) is 48.1 Å². The number of nitrogens with zero attached hydrogens (tertiary/aromatic N) is 4. The van der Waals surface area contributed by atoms with Gasteiger partial charge in [-0.1, -0.05) is 49.9 Å². The molecule has 9 heteroatoms. The minimum atomic E-state index is -0.390. The van der Waals surface area contributed by atoms with Crippen LogP contribution in [0.3, 0.4) is 0 Å². The number of rotatable bonds is 7. The Morgan fingerprint density at radius 1 is 0.973 bits per heavy atom. The average molecular weight is 517 g/mol. The van der Waals surface area contributed by atoms with Crippen LogP contribution in [0.1, 0.15) is 41.3 Å². The molecule has 0 N–H and O–H groups in total. The zero-order valence-corrected chi connectivity index (χ0v) is 21.6. The number of piperazine rings is 1. The van der Waals surface area contributed by atoms with Gasteiger partial charge in [0.1, 0.15) is 0 Å². The summed E-state index contributed by atoms with van der Waals surface area (Å²) >= 11 is 1.38. The summed E-state index contributed by atoms with van der Waals surface area (Å²) < 4.78 is 0. The van der Waals surface area contributed by atoms with Crippen molar-refractivity contribution in [3.63, 3.8) is 0 Å². The molecule has 0 spiro atoms. The molecule has 2 aromatic carbocycles. The third-order valence-electron chi connectivity index (χ3n) is 6.16. The Bertz CT molecular complexity index is 1320. The summed E-state index contributed by atoms with van der Waals surface area (Å²) in [6, 6.07) is 16.3. The van der Waals surface area contributed by atoms with E-state index in [-0.39, 0.29) is 17.5 Å². The lowest BCUT2D eigenvalue weighted by Crippen LogP contribution is -2.50. The molecule has 0 saturated carbocycles. The van der Waals surface area contributed by atoms with Crippen molar-refractivity contribution in [2.45, 2.75) is 29.6 Å². The van der Waals surface area contributed by atoms with Gasteiger partial charge in [-0.05, 0) is 47.4 Å². The van der Waals surface area contributed by atoms with Gasteiger partial charge < -0.3 is 9.80 Å². The van der Waals surface area contributed by atoms with Gasteiger partial charge in [-0.15, -0.1) is 0 Å². The molecule has 3 aromatic rings. The van der Waals surface area contributed by atoms with Gasteiger partial charge in [-0.25, -0.2) is 0 Å². The van der Waals surface area contributed by atoms with Gasteiger partial charge in [0.05, 0.1) is 9.82 Å². The number of hydrogen-bond donors (Lipinski definition) is 0. The molecule has 0 aliphatic carbocycles. The molecule has 2 amide bonds. The summed E-state index contributed by atoms with van der Waals surface area (Å²) in [5, 5.41) is 11.8. The van der Waals surface area contributed by atoms with Crippen LogP contribution in [-0.2, 0) is 4.79 Å². The van der Waals surface area contributed by atoms with Crippen molar-refractivity contribution in [2.75, 3.05) is 26.2 Å². The first kappa shape index (κ1) is 26.1. The van der Waals surface area contributed by atoms with E-state index in [1.807, 2.05) is 24.3 Å². The monoisotopic (exact) mass is 516 g/mol. The number of carbonyl (C=O) groups is 2. The SMILES string of the molecule is CC(C)c1ccccc1Sc1ccc(/C=C/C(=O)N2CCN(C(=O)c3ccncc3)CC2)cc1[N+](=O)[O-]. The molecule has 1 aliphatic heterocycles. The molecule has 0 radical (unpaired) electrons. The maximum absolute atomic E-state index is 12.7. The zero-order chi connectivity index (χ0) is 26.4. The van der Waals surface area contributed by atoms with Crippen LogP contribution in [0.25, 0.3) is 6.08 Å². The Morgan fingerprint density at radius 2 is 1.65 bits per heavy atom. The lowest BCUT2D eigenvalue weighted by molar-refractivity contribution is -0.387. The van der Waals surface area contributed by atoms with Crippen molar-refractivity contribution in [3.8, 4) is 0 Å². The van der Waals surface area contributed by atoms with Crippen molar-refractivity contribution < 1.29 is 14.5 Å². The fraction of sp³-hybridized carbons (Fsp3) is 0.250. The van der Waals surface area contributed by atoms with E-state index in [4.69, 9.17) is 0 Å². The van der Waals surface area contributed by atoms with Crippen molar-refractivity contribution >= 4 is 35.3 Å². The Balaban J connectivity index is 1.41. The Hall–Kier alpha value is -3.98. The maximum Gasteiger partial charge on any atom is 0.283 e. The summed E-state index contributed by atoms with van der Waals surface area (Å²) in [7, 11) is 0. The van der Waals surface area contributed by atoms with Gasteiger partial charge in [-0.2, -0.15) is 0 Å². The predicted octanol–water partition coefficient (Wildman–Crippen LogP) is 5.26. The second-order valence-corrected chi connectivity index (χ2v) is 10.0. The molecule has 0 unspecified atom stereocenters. The number of aromatic nitrogens is 1. The predicted molar refractivity (Wildman–Crippen MR) is 144 cm³/mol. The van der Waals surface area contributed by atoms with Crippen LogP contribution in [0.5, 0.6) is 0 Å². The van der Waals surface area contributed by atoms with Crippen LogP contribution in [0.15, 0.2) is 82.9 Å². The first-order valence-corrected chi connectivity index (χ1v) is 12.9. The van der Waals surface area contributed by atoms with Crippen molar-refractivity contribution in [2.24, 2.45) is 0 Å². The molecular weight excluding hydrogens is 488 g/mol. The Kier molecular flexibility index (Phi) is 8.35. The Labute approximate surface area is 220 Å². The number of nitro groups is 1. The largest absolute Gasteiger partial charge is 0.336 e. The topological polar surface area (TPSA) is 96.7 Å². The van der Waals surface area contributed by atoms with E-state index in [0.717, 1.165) is 10.5 Å². The van der Waals surface area contributed by atoms with E-state index in [9.17, 15) is 19.7 Å². The Morgan fingerprint density at radius 3 is 2.32 bits per heavy atom. The molecule has 1 aliphatic rings. The van der Waals surface area contributed by atoms with Gasteiger partial charge in [0.15, 0.2) is 0 Å². The minimum absolute atomic E-state index is 0.00129. The van der Waals surface area contributed by atoms with Crippen LogP contribution in [-0.4, -0.2) is 57.7 Å². The highest BCUT2D eigenvalue weighted by molar-refractivity contribution is 7.99. The second kappa shape index (κ2) is 11.8. The molecule has 1 fully saturated rings. The van der Waals surface area contributed by atoms with E-state index < -0.39 is 4.92 Å². The number of benzene rings is 2. The van der Waals surface area contributed by atoms with Crippen LogP contribution in [0, 0.1) is 10.1 Å². The van der Waals surface area contributed by atoms with Crippen LogP contribution < -0.4 is 0 Å². The van der Waals surface area contributed by atoms with Gasteiger partial charge in [0, 0.05) is 61.2 Å². The molecule has 37 heavy (non-hydrogen) atoms. The summed E-state index contributed by atoms with van der Waals surface area (Å²) in [5.41, 5.74) is 2.29. The smallest absolute Gasteiger partial charge is 0.283 e. The second-order valence-electron chi connectivity index (χ2n) is 8.97. The molecule has 190 valence electrons. The molecule has 8 nitrogen and oxygen atoms in total. The van der Waals surface area contributed by atoms with E-state index in [2.05, 4.69) is 18.8 Å². The molecule has 4 rings (SSSR count). The standard InChI is InChI=1S/C28H28N4O4S/c1-20(2)23-5-3-4-6-25(23)37-26-9-7-21(19-24(26)32(35)36)8-10-27(33)30-15-17-31(18-16-30)28(34)22-11-13-29-14-12-22/h3-14,19-20H,15-18H2,1-2H3/b10-8+. The number of carbonyl (C=O) groups excluding carboxylic acids is 2. The summed E-state index contributed by atoms with van der Waals surface area (Å²) in [6.45, 7) is 5.91. The molecule has 2 heterocycles. The molecule has 1 aromatic heterocycles. The van der Waals surface area contributed by atoms with E-state index in [1.54, 1.807) is 52.5 Å². The van der Waals surface area contributed by atoms with Crippen LogP contribution in [0.4, 0.5) is 5.69 Å². The normalized spacial score (nSPS) is 13.8. The summed E-state index contributed by atoms with van der Waals surface area (Å²) in [4.78, 5) is 45.6. The fourth-order valence-corrected chi connectivity index (χ4v) is 5.30. The minimum Gasteiger partial charge on any atom is -0.336 e. The van der Waals surface area contributed by atoms with Crippen molar-refractivity contribution in [1.29, 1.82) is 0 Å². The third kappa shape index (κ3) is 6.42. The number of hydrogen-bond acceptors (Lipinski definition) is 6. The maximum atomic E-state index is 12.7. The highest BCUT2D eigenvalue weighted by atomic mass is 32.2. The first-order chi connectivity index (χ1) is 17.8. The van der Waals surface area contributed by atoms with E-state index >= 15 is 0 Å². The lowest BCUT2D eigenvalue weighted by atomic mass is 10.0. The van der Waals surface area contributed by atoms with Crippen molar-refractivity contribution in [1.82, 2.24) is 14.8 Å². The number of nitro benzene ring substituents is 1. The molecule has 1 saturated heterocycles.